The number of rotatable bonds is 4. The molecule has 0 aliphatic rings. The molecular formula is C15H18ClN3O. The minimum absolute atomic E-state index is 0.0568. The van der Waals surface area contributed by atoms with Crippen LogP contribution in [0, 0.1) is 13.8 Å². The molecule has 1 N–H and O–H groups in total. The highest BCUT2D eigenvalue weighted by Gasteiger charge is 2.11. The fraction of sp³-hybridized carbons (Fsp3) is 0.333. The quantitative estimate of drug-likeness (QED) is 0.941. The summed E-state index contributed by atoms with van der Waals surface area (Å²) in [6, 6.07) is 9.36. The molecule has 1 amide bonds. The van der Waals surface area contributed by atoms with E-state index in [1.165, 1.54) is 0 Å². The zero-order valence-corrected chi connectivity index (χ0v) is 12.6. The summed E-state index contributed by atoms with van der Waals surface area (Å²) in [7, 11) is 0. The number of benzene rings is 1. The van der Waals surface area contributed by atoms with Crippen molar-refractivity contribution >= 4 is 17.5 Å². The highest BCUT2D eigenvalue weighted by Crippen LogP contribution is 2.16. The van der Waals surface area contributed by atoms with Crippen LogP contribution in [-0.4, -0.2) is 15.7 Å². The van der Waals surface area contributed by atoms with E-state index in [1.54, 1.807) is 4.68 Å². The van der Waals surface area contributed by atoms with E-state index in [2.05, 4.69) is 10.4 Å². The first-order valence-electron chi connectivity index (χ1n) is 6.51. The molecule has 2 aromatic rings. The van der Waals surface area contributed by atoms with Crippen LogP contribution in [0.2, 0.25) is 5.02 Å². The molecule has 1 aromatic carbocycles. The maximum Gasteiger partial charge on any atom is 0.242 e. The Bertz CT molecular complexity index is 604. The molecule has 20 heavy (non-hydrogen) atoms. The maximum absolute atomic E-state index is 12.0. The lowest BCUT2D eigenvalue weighted by Gasteiger charge is -2.15. The second kappa shape index (κ2) is 6.09. The van der Waals surface area contributed by atoms with Crippen molar-refractivity contribution in [3.63, 3.8) is 0 Å². The lowest BCUT2D eigenvalue weighted by molar-refractivity contribution is -0.122. The van der Waals surface area contributed by atoms with E-state index < -0.39 is 0 Å². The second-order valence-corrected chi connectivity index (χ2v) is 5.36. The topological polar surface area (TPSA) is 46.9 Å². The van der Waals surface area contributed by atoms with Crippen LogP contribution in [0.5, 0.6) is 0 Å². The smallest absolute Gasteiger partial charge is 0.242 e. The van der Waals surface area contributed by atoms with E-state index in [9.17, 15) is 4.79 Å². The van der Waals surface area contributed by atoms with Crippen molar-refractivity contribution in [1.29, 1.82) is 0 Å². The summed E-state index contributed by atoms with van der Waals surface area (Å²) in [5, 5.41) is 7.93. The number of amides is 1. The second-order valence-electron chi connectivity index (χ2n) is 4.93. The van der Waals surface area contributed by atoms with Gasteiger partial charge in [-0.3, -0.25) is 9.48 Å². The number of hydrogen-bond donors (Lipinski definition) is 1. The molecule has 0 unspecified atom stereocenters. The Labute approximate surface area is 123 Å². The van der Waals surface area contributed by atoms with Crippen molar-refractivity contribution in [2.24, 2.45) is 0 Å². The predicted molar refractivity (Wildman–Crippen MR) is 79.7 cm³/mol. The fourth-order valence-corrected chi connectivity index (χ4v) is 2.22. The van der Waals surface area contributed by atoms with E-state index in [4.69, 9.17) is 11.6 Å². The van der Waals surface area contributed by atoms with E-state index >= 15 is 0 Å². The van der Waals surface area contributed by atoms with Crippen molar-refractivity contribution < 1.29 is 4.79 Å². The Morgan fingerprint density at radius 1 is 1.35 bits per heavy atom. The van der Waals surface area contributed by atoms with Crippen LogP contribution in [0.3, 0.4) is 0 Å². The summed E-state index contributed by atoms with van der Waals surface area (Å²) in [4.78, 5) is 12.0. The van der Waals surface area contributed by atoms with E-state index in [1.807, 2.05) is 51.1 Å². The van der Waals surface area contributed by atoms with Crippen LogP contribution < -0.4 is 5.32 Å². The third kappa shape index (κ3) is 3.61. The van der Waals surface area contributed by atoms with Crippen LogP contribution in [0.15, 0.2) is 30.3 Å². The predicted octanol–water partition coefficient (Wildman–Crippen LogP) is 3.03. The number of halogens is 1. The Kier molecular flexibility index (Phi) is 4.45. The van der Waals surface area contributed by atoms with Gasteiger partial charge in [0, 0.05) is 10.7 Å². The summed E-state index contributed by atoms with van der Waals surface area (Å²) in [6.45, 7) is 6.04. The van der Waals surface area contributed by atoms with Gasteiger partial charge in [-0.1, -0.05) is 23.7 Å². The normalized spacial score (nSPS) is 12.2. The largest absolute Gasteiger partial charge is 0.348 e. The Hall–Kier alpha value is -1.81. The fourth-order valence-electron chi connectivity index (χ4n) is 2.09. The molecule has 0 aliphatic heterocycles. The van der Waals surface area contributed by atoms with E-state index in [0.29, 0.717) is 5.02 Å². The number of hydrogen-bond acceptors (Lipinski definition) is 2. The molecular weight excluding hydrogens is 274 g/mol. The number of aryl methyl sites for hydroxylation is 2. The molecule has 106 valence electrons. The average molecular weight is 292 g/mol. The molecule has 0 aliphatic carbocycles. The van der Waals surface area contributed by atoms with Gasteiger partial charge in [0.1, 0.15) is 6.54 Å². The van der Waals surface area contributed by atoms with Crippen molar-refractivity contribution in [2.45, 2.75) is 33.4 Å². The molecule has 5 heteroatoms. The third-order valence-electron chi connectivity index (χ3n) is 3.14. The summed E-state index contributed by atoms with van der Waals surface area (Å²) in [5.74, 6) is -0.0568. The average Bonchev–Trinajstić information content (AvgIpc) is 2.68. The molecule has 0 spiro atoms. The van der Waals surface area contributed by atoms with Crippen LogP contribution in [0.4, 0.5) is 0 Å². The summed E-state index contributed by atoms with van der Waals surface area (Å²) >= 11 is 5.85. The SMILES string of the molecule is Cc1cc(C)n(CC(=O)N[C@@H](C)c2ccc(Cl)cc2)n1. The van der Waals surface area contributed by atoms with Gasteiger partial charge in [-0.05, 0) is 44.5 Å². The Morgan fingerprint density at radius 2 is 2.00 bits per heavy atom. The lowest BCUT2D eigenvalue weighted by Crippen LogP contribution is -2.30. The number of carbonyl (C=O) groups is 1. The monoisotopic (exact) mass is 291 g/mol. The highest BCUT2D eigenvalue weighted by atomic mass is 35.5. The molecule has 0 saturated carbocycles. The van der Waals surface area contributed by atoms with Crippen molar-refractivity contribution in [1.82, 2.24) is 15.1 Å². The molecule has 0 bridgehead atoms. The van der Waals surface area contributed by atoms with Gasteiger partial charge in [0.25, 0.3) is 0 Å². The van der Waals surface area contributed by atoms with Gasteiger partial charge in [-0.2, -0.15) is 5.10 Å². The molecule has 1 heterocycles. The minimum atomic E-state index is -0.0586. The molecule has 2 rings (SSSR count). The molecule has 0 saturated heterocycles. The number of nitrogens with zero attached hydrogens (tertiary/aromatic N) is 2. The van der Waals surface area contributed by atoms with E-state index in [0.717, 1.165) is 17.0 Å². The Morgan fingerprint density at radius 3 is 2.55 bits per heavy atom. The molecule has 1 atom stereocenters. The number of aromatic nitrogens is 2. The Balaban J connectivity index is 1.97. The zero-order chi connectivity index (χ0) is 14.7. The van der Waals surface area contributed by atoms with Gasteiger partial charge < -0.3 is 5.32 Å². The van der Waals surface area contributed by atoms with Gasteiger partial charge >= 0.3 is 0 Å². The maximum atomic E-state index is 12.0. The zero-order valence-electron chi connectivity index (χ0n) is 11.9. The molecule has 0 fully saturated rings. The first kappa shape index (κ1) is 14.6. The van der Waals surface area contributed by atoms with Gasteiger partial charge in [0.05, 0.1) is 11.7 Å². The van der Waals surface area contributed by atoms with Crippen molar-refractivity contribution in [2.75, 3.05) is 0 Å². The standard InChI is InChI=1S/C15H18ClN3O/c1-10-8-11(2)19(18-10)9-15(20)17-12(3)13-4-6-14(16)7-5-13/h4-8,12H,9H2,1-3H3,(H,17,20)/t12-/m0/s1. The first-order chi connectivity index (χ1) is 9.45. The number of carbonyl (C=O) groups excluding carboxylic acids is 1. The third-order valence-corrected chi connectivity index (χ3v) is 3.40. The van der Waals surface area contributed by atoms with E-state index in [-0.39, 0.29) is 18.5 Å². The lowest BCUT2D eigenvalue weighted by atomic mass is 10.1. The summed E-state index contributed by atoms with van der Waals surface area (Å²) in [6.07, 6.45) is 0. The van der Waals surface area contributed by atoms with Gasteiger partial charge in [0.2, 0.25) is 5.91 Å². The molecule has 4 nitrogen and oxygen atoms in total. The van der Waals surface area contributed by atoms with Crippen LogP contribution >= 0.6 is 11.6 Å². The van der Waals surface area contributed by atoms with Gasteiger partial charge in [-0.15, -0.1) is 0 Å². The van der Waals surface area contributed by atoms with Gasteiger partial charge in [0.15, 0.2) is 0 Å². The summed E-state index contributed by atoms with van der Waals surface area (Å²) < 4.78 is 1.71. The van der Waals surface area contributed by atoms with Gasteiger partial charge in [-0.25, -0.2) is 0 Å². The van der Waals surface area contributed by atoms with Crippen LogP contribution in [0.25, 0.3) is 0 Å². The number of nitrogens with one attached hydrogen (secondary N) is 1. The summed E-state index contributed by atoms with van der Waals surface area (Å²) in [5.41, 5.74) is 2.92. The molecule has 0 radical (unpaired) electrons. The highest BCUT2D eigenvalue weighted by molar-refractivity contribution is 6.30. The first-order valence-corrected chi connectivity index (χ1v) is 6.89. The van der Waals surface area contributed by atoms with Crippen molar-refractivity contribution in [3.8, 4) is 0 Å². The van der Waals surface area contributed by atoms with Crippen LogP contribution in [-0.2, 0) is 11.3 Å². The molecule has 1 aromatic heterocycles. The minimum Gasteiger partial charge on any atom is -0.348 e. The van der Waals surface area contributed by atoms with Crippen molar-refractivity contribution in [3.05, 3.63) is 52.3 Å². The van der Waals surface area contributed by atoms with Crippen LogP contribution in [0.1, 0.15) is 29.9 Å².